The lowest BCUT2D eigenvalue weighted by molar-refractivity contribution is 1.05. The van der Waals surface area contributed by atoms with Crippen LogP contribution >= 0.6 is 11.6 Å². The molecule has 0 saturated carbocycles. The van der Waals surface area contributed by atoms with E-state index in [1.165, 1.54) is 0 Å². The fourth-order valence-corrected chi connectivity index (χ4v) is 1.67. The van der Waals surface area contributed by atoms with Crippen LogP contribution in [0.15, 0.2) is 42.6 Å². The molecule has 1 aromatic heterocycles. The second kappa shape index (κ2) is 4.99. The molecule has 2 nitrogen and oxygen atoms in total. The number of aryl methyl sites for hydroxylation is 1. The first kappa shape index (κ1) is 11.0. The first-order valence-corrected chi connectivity index (χ1v) is 5.54. The molecular weight excluding hydrogens is 220 g/mol. The minimum absolute atomic E-state index is 0.685. The van der Waals surface area contributed by atoms with E-state index in [1.54, 1.807) is 6.20 Å². The first-order valence-electron chi connectivity index (χ1n) is 5.16. The smallest absolute Gasteiger partial charge is 0.0666 e. The van der Waals surface area contributed by atoms with E-state index in [-0.39, 0.29) is 0 Å². The molecule has 0 amide bonds. The Morgan fingerprint density at radius 2 is 2.06 bits per heavy atom. The Balaban J connectivity index is 2.08. The molecule has 1 heterocycles. The summed E-state index contributed by atoms with van der Waals surface area (Å²) in [5, 5.41) is 4.05. The molecular formula is C13H13ClN2. The minimum Gasteiger partial charge on any atom is -0.378 e. The van der Waals surface area contributed by atoms with Crippen molar-refractivity contribution in [1.82, 2.24) is 4.98 Å². The Bertz CT molecular complexity index is 469. The summed E-state index contributed by atoms with van der Waals surface area (Å²) in [5.74, 6) is 0. The van der Waals surface area contributed by atoms with Gasteiger partial charge in [0.25, 0.3) is 0 Å². The molecule has 3 heteroatoms. The van der Waals surface area contributed by atoms with Crippen LogP contribution in [0.5, 0.6) is 0 Å². The lowest BCUT2D eigenvalue weighted by atomic mass is 10.2. The van der Waals surface area contributed by atoms with Crippen molar-refractivity contribution in [3.05, 3.63) is 58.9 Å². The fraction of sp³-hybridized carbons (Fsp3) is 0.154. The number of halogens is 1. The second-order valence-corrected chi connectivity index (χ2v) is 3.99. The van der Waals surface area contributed by atoms with Crippen LogP contribution in [-0.2, 0) is 6.54 Å². The van der Waals surface area contributed by atoms with Gasteiger partial charge in [0.15, 0.2) is 0 Å². The van der Waals surface area contributed by atoms with E-state index in [0.29, 0.717) is 6.54 Å². The van der Waals surface area contributed by atoms with Crippen LogP contribution in [0.3, 0.4) is 0 Å². The zero-order chi connectivity index (χ0) is 11.4. The Hall–Kier alpha value is -1.54. The van der Waals surface area contributed by atoms with E-state index in [1.807, 2.05) is 43.3 Å². The van der Waals surface area contributed by atoms with Gasteiger partial charge in [-0.3, -0.25) is 4.98 Å². The Labute approximate surface area is 100 Å². The van der Waals surface area contributed by atoms with Gasteiger partial charge < -0.3 is 5.32 Å². The number of pyridine rings is 1. The molecule has 1 aromatic carbocycles. The maximum Gasteiger partial charge on any atom is 0.0666 e. The highest BCUT2D eigenvalue weighted by Crippen LogP contribution is 2.25. The molecule has 0 radical (unpaired) electrons. The summed E-state index contributed by atoms with van der Waals surface area (Å²) in [4.78, 5) is 4.24. The third-order valence-electron chi connectivity index (χ3n) is 2.38. The lowest BCUT2D eigenvalue weighted by Crippen LogP contribution is -2.01. The average molecular weight is 233 g/mol. The Morgan fingerprint density at radius 3 is 2.81 bits per heavy atom. The summed E-state index contributed by atoms with van der Waals surface area (Å²) < 4.78 is 0. The monoisotopic (exact) mass is 232 g/mol. The van der Waals surface area contributed by atoms with Crippen molar-refractivity contribution in [3.8, 4) is 0 Å². The number of hydrogen-bond donors (Lipinski definition) is 1. The molecule has 0 aliphatic carbocycles. The zero-order valence-corrected chi connectivity index (χ0v) is 9.83. The molecule has 2 aromatic rings. The molecule has 0 unspecified atom stereocenters. The maximum atomic E-state index is 6.18. The van der Waals surface area contributed by atoms with E-state index in [4.69, 9.17) is 11.6 Å². The van der Waals surface area contributed by atoms with Crippen LogP contribution < -0.4 is 5.32 Å². The van der Waals surface area contributed by atoms with Crippen molar-refractivity contribution < 1.29 is 0 Å². The van der Waals surface area contributed by atoms with E-state index >= 15 is 0 Å². The van der Waals surface area contributed by atoms with Crippen LogP contribution in [0.4, 0.5) is 5.69 Å². The lowest BCUT2D eigenvalue weighted by Gasteiger charge is -2.09. The van der Waals surface area contributed by atoms with E-state index in [2.05, 4.69) is 10.3 Å². The van der Waals surface area contributed by atoms with Gasteiger partial charge in [-0.15, -0.1) is 0 Å². The number of nitrogens with zero attached hydrogens (tertiary/aromatic N) is 1. The highest BCUT2D eigenvalue weighted by Gasteiger charge is 2.02. The molecule has 1 N–H and O–H groups in total. The Kier molecular flexibility index (Phi) is 3.42. The second-order valence-electron chi connectivity index (χ2n) is 3.61. The highest BCUT2D eigenvalue weighted by atomic mass is 35.5. The summed E-state index contributed by atoms with van der Waals surface area (Å²) in [7, 11) is 0. The quantitative estimate of drug-likeness (QED) is 0.874. The Morgan fingerprint density at radius 1 is 1.19 bits per heavy atom. The van der Waals surface area contributed by atoms with Crippen molar-refractivity contribution in [2.75, 3.05) is 5.32 Å². The highest BCUT2D eigenvalue weighted by molar-refractivity contribution is 6.33. The van der Waals surface area contributed by atoms with Crippen molar-refractivity contribution in [1.29, 1.82) is 0 Å². The average Bonchev–Trinajstić information content (AvgIpc) is 2.32. The summed E-state index contributed by atoms with van der Waals surface area (Å²) in [6, 6.07) is 11.8. The fourth-order valence-electron chi connectivity index (χ4n) is 1.47. The van der Waals surface area contributed by atoms with Gasteiger partial charge in [0.1, 0.15) is 0 Å². The molecule has 16 heavy (non-hydrogen) atoms. The maximum absolute atomic E-state index is 6.18. The van der Waals surface area contributed by atoms with Crippen LogP contribution in [0.2, 0.25) is 5.02 Å². The van der Waals surface area contributed by atoms with Crippen LogP contribution in [0, 0.1) is 6.92 Å². The molecule has 0 bridgehead atoms. The number of benzene rings is 1. The van der Waals surface area contributed by atoms with Gasteiger partial charge >= 0.3 is 0 Å². The van der Waals surface area contributed by atoms with E-state index in [0.717, 1.165) is 22.0 Å². The van der Waals surface area contributed by atoms with Crippen LogP contribution in [0.25, 0.3) is 0 Å². The normalized spacial score (nSPS) is 10.1. The first-order chi connectivity index (χ1) is 7.77. The molecule has 0 saturated heterocycles. The third kappa shape index (κ3) is 2.52. The van der Waals surface area contributed by atoms with Crippen molar-refractivity contribution >= 4 is 17.3 Å². The SMILES string of the molecule is Cc1cccc(NCc2ccccn2)c1Cl. The molecule has 0 spiro atoms. The molecule has 82 valence electrons. The van der Waals surface area contributed by atoms with Gasteiger partial charge in [0.2, 0.25) is 0 Å². The number of aromatic nitrogens is 1. The molecule has 0 aliphatic heterocycles. The van der Waals surface area contributed by atoms with Gasteiger partial charge in [0, 0.05) is 6.20 Å². The predicted molar refractivity (Wildman–Crippen MR) is 67.8 cm³/mol. The zero-order valence-electron chi connectivity index (χ0n) is 9.07. The van der Waals surface area contributed by atoms with Gasteiger partial charge in [-0.1, -0.05) is 29.8 Å². The molecule has 0 fully saturated rings. The van der Waals surface area contributed by atoms with Gasteiger partial charge in [-0.25, -0.2) is 0 Å². The summed E-state index contributed by atoms with van der Waals surface area (Å²) in [6.45, 7) is 2.68. The summed E-state index contributed by atoms with van der Waals surface area (Å²) in [6.07, 6.45) is 1.79. The number of anilines is 1. The van der Waals surface area contributed by atoms with E-state index < -0.39 is 0 Å². The molecule has 0 atom stereocenters. The van der Waals surface area contributed by atoms with Crippen LogP contribution in [0.1, 0.15) is 11.3 Å². The van der Waals surface area contributed by atoms with Gasteiger partial charge in [-0.2, -0.15) is 0 Å². The molecule has 2 rings (SSSR count). The summed E-state index contributed by atoms with van der Waals surface area (Å²) >= 11 is 6.18. The number of nitrogens with one attached hydrogen (secondary N) is 1. The van der Waals surface area contributed by atoms with Crippen molar-refractivity contribution in [2.45, 2.75) is 13.5 Å². The standard InChI is InChI=1S/C13H13ClN2/c1-10-5-4-7-12(13(10)14)16-9-11-6-2-3-8-15-11/h2-8,16H,9H2,1H3. The summed E-state index contributed by atoms with van der Waals surface area (Å²) in [5.41, 5.74) is 3.03. The predicted octanol–water partition coefficient (Wildman–Crippen LogP) is 3.66. The molecule has 0 aliphatic rings. The number of rotatable bonds is 3. The largest absolute Gasteiger partial charge is 0.378 e. The van der Waals surface area contributed by atoms with Crippen molar-refractivity contribution in [2.24, 2.45) is 0 Å². The van der Waals surface area contributed by atoms with E-state index in [9.17, 15) is 0 Å². The van der Waals surface area contributed by atoms with Gasteiger partial charge in [0.05, 0.1) is 22.9 Å². The van der Waals surface area contributed by atoms with Gasteiger partial charge in [-0.05, 0) is 30.7 Å². The minimum atomic E-state index is 0.685. The van der Waals surface area contributed by atoms with Crippen LogP contribution in [-0.4, -0.2) is 4.98 Å². The number of hydrogen-bond acceptors (Lipinski definition) is 2. The van der Waals surface area contributed by atoms with Crippen molar-refractivity contribution in [3.63, 3.8) is 0 Å². The third-order valence-corrected chi connectivity index (χ3v) is 2.88. The topological polar surface area (TPSA) is 24.9 Å².